The van der Waals surface area contributed by atoms with E-state index in [1.54, 1.807) is 0 Å². The molecule has 1 N–H and O–H groups in total. The highest BCUT2D eigenvalue weighted by Crippen LogP contribution is 2.29. The van der Waals surface area contributed by atoms with Crippen LogP contribution in [0, 0.1) is 0 Å². The predicted octanol–water partition coefficient (Wildman–Crippen LogP) is 2.67. The quantitative estimate of drug-likeness (QED) is 0.783. The molecule has 16 heavy (non-hydrogen) atoms. The molecule has 1 heterocycles. The minimum atomic E-state index is 0.701. The fraction of sp³-hybridized carbons (Fsp3) is 0.417. The predicted molar refractivity (Wildman–Crippen MR) is 68.3 cm³/mol. The van der Waals surface area contributed by atoms with E-state index in [-0.39, 0.29) is 0 Å². The fourth-order valence-corrected chi connectivity index (χ4v) is 2.23. The van der Waals surface area contributed by atoms with Crippen molar-refractivity contribution in [1.29, 1.82) is 0 Å². The number of benzene rings is 1. The number of ether oxygens (including phenoxy) is 1. The first-order valence-electron chi connectivity index (χ1n) is 5.59. The van der Waals surface area contributed by atoms with Crippen molar-refractivity contribution in [2.45, 2.75) is 13.3 Å². The summed E-state index contributed by atoms with van der Waals surface area (Å²) in [5.74, 6) is 0. The van der Waals surface area contributed by atoms with E-state index in [2.05, 4.69) is 16.6 Å². The number of aromatic nitrogens is 1. The zero-order valence-corrected chi connectivity index (χ0v) is 10.2. The second kappa shape index (κ2) is 5.82. The second-order valence-electron chi connectivity index (χ2n) is 3.59. The van der Waals surface area contributed by atoms with E-state index in [9.17, 15) is 0 Å². The van der Waals surface area contributed by atoms with Crippen LogP contribution in [0.1, 0.15) is 13.3 Å². The van der Waals surface area contributed by atoms with E-state index in [4.69, 9.17) is 4.74 Å². The van der Waals surface area contributed by atoms with Gasteiger partial charge in [-0.2, -0.15) is 4.37 Å². The van der Waals surface area contributed by atoms with Crippen LogP contribution in [0.15, 0.2) is 24.3 Å². The summed E-state index contributed by atoms with van der Waals surface area (Å²) in [7, 11) is 0. The summed E-state index contributed by atoms with van der Waals surface area (Å²) in [6, 6.07) is 8.06. The lowest BCUT2D eigenvalue weighted by Gasteiger charge is -2.04. The van der Waals surface area contributed by atoms with Gasteiger partial charge in [-0.15, -0.1) is 0 Å². The topological polar surface area (TPSA) is 34.1 Å². The Morgan fingerprint density at radius 2 is 2.19 bits per heavy atom. The van der Waals surface area contributed by atoms with E-state index in [1.165, 1.54) is 11.5 Å². The van der Waals surface area contributed by atoms with Gasteiger partial charge in [-0.3, -0.25) is 0 Å². The maximum Gasteiger partial charge on any atom is 0.201 e. The molecule has 0 aliphatic heterocycles. The zero-order valence-electron chi connectivity index (χ0n) is 9.40. The third-order valence-electron chi connectivity index (χ3n) is 2.29. The Balaban J connectivity index is 1.89. The Morgan fingerprint density at radius 3 is 3.06 bits per heavy atom. The Labute approximate surface area is 99.6 Å². The first-order chi connectivity index (χ1) is 7.92. The number of hydrogen-bond acceptors (Lipinski definition) is 4. The second-order valence-corrected chi connectivity index (χ2v) is 4.32. The van der Waals surface area contributed by atoms with Crippen molar-refractivity contribution in [3.63, 3.8) is 0 Å². The van der Waals surface area contributed by atoms with Crippen molar-refractivity contribution >= 4 is 22.4 Å². The van der Waals surface area contributed by atoms with Gasteiger partial charge in [0.05, 0.1) is 10.9 Å². The maximum absolute atomic E-state index is 5.70. The molecular formula is C12H16N2OS. The van der Waals surface area contributed by atoms with E-state index in [0.29, 0.717) is 6.61 Å². The lowest BCUT2D eigenvalue weighted by Crippen LogP contribution is -2.21. The van der Waals surface area contributed by atoms with Crippen LogP contribution in [0.4, 0.5) is 0 Å². The van der Waals surface area contributed by atoms with E-state index >= 15 is 0 Å². The average molecular weight is 236 g/mol. The molecule has 0 aliphatic carbocycles. The van der Waals surface area contributed by atoms with Crippen LogP contribution in [0.25, 0.3) is 10.9 Å². The van der Waals surface area contributed by atoms with Gasteiger partial charge in [-0.25, -0.2) is 0 Å². The molecule has 1 aromatic carbocycles. The molecule has 3 nitrogen and oxygen atoms in total. The summed E-state index contributed by atoms with van der Waals surface area (Å²) in [6.07, 6.45) is 1.16. The van der Waals surface area contributed by atoms with Crippen LogP contribution in [-0.2, 0) is 0 Å². The van der Waals surface area contributed by atoms with Crippen LogP contribution in [0.2, 0.25) is 0 Å². The third kappa shape index (κ3) is 2.71. The maximum atomic E-state index is 5.70. The minimum Gasteiger partial charge on any atom is -0.481 e. The molecule has 86 valence electrons. The molecule has 0 spiro atoms. The molecule has 0 radical (unpaired) electrons. The van der Waals surface area contributed by atoms with E-state index < -0.39 is 0 Å². The molecule has 0 saturated heterocycles. The first kappa shape index (κ1) is 11.4. The SMILES string of the molecule is CCCNCCOc1snc2ccccc12. The average Bonchev–Trinajstić information content (AvgIpc) is 2.73. The highest BCUT2D eigenvalue weighted by molar-refractivity contribution is 7.09. The van der Waals surface area contributed by atoms with Crippen LogP contribution in [0.5, 0.6) is 5.06 Å². The first-order valence-corrected chi connectivity index (χ1v) is 6.37. The monoisotopic (exact) mass is 236 g/mol. The van der Waals surface area contributed by atoms with Crippen molar-refractivity contribution in [3.05, 3.63) is 24.3 Å². The van der Waals surface area contributed by atoms with Crippen LogP contribution >= 0.6 is 11.5 Å². The largest absolute Gasteiger partial charge is 0.481 e. The summed E-state index contributed by atoms with van der Waals surface area (Å²) in [5, 5.41) is 5.34. The van der Waals surface area contributed by atoms with Crippen LogP contribution < -0.4 is 10.1 Å². The molecular weight excluding hydrogens is 220 g/mol. The van der Waals surface area contributed by atoms with Crippen molar-refractivity contribution < 1.29 is 4.74 Å². The number of nitrogens with one attached hydrogen (secondary N) is 1. The molecule has 1 aromatic heterocycles. The van der Waals surface area contributed by atoms with Gasteiger partial charge in [0.2, 0.25) is 5.06 Å². The lowest BCUT2D eigenvalue weighted by molar-refractivity contribution is 0.326. The highest BCUT2D eigenvalue weighted by Gasteiger charge is 2.05. The molecule has 2 rings (SSSR count). The Morgan fingerprint density at radius 1 is 1.31 bits per heavy atom. The highest BCUT2D eigenvalue weighted by atomic mass is 32.1. The van der Waals surface area contributed by atoms with Crippen LogP contribution in [-0.4, -0.2) is 24.1 Å². The van der Waals surface area contributed by atoms with E-state index in [0.717, 1.165) is 35.5 Å². The van der Waals surface area contributed by atoms with Gasteiger partial charge in [0.25, 0.3) is 0 Å². The molecule has 2 aromatic rings. The Hall–Kier alpha value is -1.13. The zero-order chi connectivity index (χ0) is 11.2. The van der Waals surface area contributed by atoms with Gasteiger partial charge in [0, 0.05) is 18.1 Å². The van der Waals surface area contributed by atoms with Gasteiger partial charge in [0.15, 0.2) is 0 Å². The van der Waals surface area contributed by atoms with Gasteiger partial charge in [0.1, 0.15) is 6.61 Å². The van der Waals surface area contributed by atoms with Crippen LogP contribution in [0.3, 0.4) is 0 Å². The van der Waals surface area contributed by atoms with Gasteiger partial charge in [-0.1, -0.05) is 19.1 Å². The molecule has 0 fully saturated rings. The minimum absolute atomic E-state index is 0.701. The number of fused-ring (bicyclic) bond motifs is 1. The smallest absolute Gasteiger partial charge is 0.201 e. The van der Waals surface area contributed by atoms with Gasteiger partial charge < -0.3 is 10.1 Å². The molecule has 0 unspecified atom stereocenters. The molecule has 0 bridgehead atoms. The molecule has 0 saturated carbocycles. The van der Waals surface area contributed by atoms with Crippen molar-refractivity contribution in [2.24, 2.45) is 0 Å². The lowest BCUT2D eigenvalue weighted by atomic mass is 10.3. The Kier molecular flexibility index (Phi) is 4.13. The summed E-state index contributed by atoms with van der Waals surface area (Å²) in [5.41, 5.74) is 1.02. The number of rotatable bonds is 6. The summed E-state index contributed by atoms with van der Waals surface area (Å²) < 4.78 is 10.0. The summed E-state index contributed by atoms with van der Waals surface area (Å²) >= 11 is 1.43. The normalized spacial score (nSPS) is 10.8. The number of hydrogen-bond donors (Lipinski definition) is 1. The van der Waals surface area contributed by atoms with Crippen molar-refractivity contribution in [3.8, 4) is 5.06 Å². The summed E-state index contributed by atoms with van der Waals surface area (Å²) in [4.78, 5) is 0. The van der Waals surface area contributed by atoms with Crippen molar-refractivity contribution in [1.82, 2.24) is 9.69 Å². The van der Waals surface area contributed by atoms with Crippen molar-refractivity contribution in [2.75, 3.05) is 19.7 Å². The third-order valence-corrected chi connectivity index (χ3v) is 3.08. The van der Waals surface area contributed by atoms with Gasteiger partial charge in [-0.05, 0) is 25.1 Å². The fourth-order valence-electron chi connectivity index (χ4n) is 1.49. The number of nitrogens with zero attached hydrogens (tertiary/aromatic N) is 1. The van der Waals surface area contributed by atoms with E-state index in [1.807, 2.05) is 24.3 Å². The molecule has 0 aliphatic rings. The van der Waals surface area contributed by atoms with Gasteiger partial charge >= 0.3 is 0 Å². The molecule has 0 amide bonds. The summed E-state index contributed by atoms with van der Waals surface area (Å²) in [6.45, 7) is 4.80. The Bertz CT molecular complexity index is 441. The molecule has 4 heteroatoms. The standard InChI is InChI=1S/C12H16N2OS/c1-2-7-13-8-9-15-12-10-5-3-4-6-11(10)14-16-12/h3-6,13H,2,7-9H2,1H3. The molecule has 0 atom stereocenters.